The zero-order chi connectivity index (χ0) is 15.2. The van der Waals surface area contributed by atoms with Gasteiger partial charge >= 0.3 is 0 Å². The Bertz CT molecular complexity index is 558. The van der Waals surface area contributed by atoms with Gasteiger partial charge in [0.05, 0.1) is 12.3 Å². The molecule has 1 heterocycles. The minimum Gasteiger partial charge on any atom is -0.494 e. The summed E-state index contributed by atoms with van der Waals surface area (Å²) in [4.78, 5) is 4.55. The number of hydrogen-bond donors (Lipinski definition) is 1. The van der Waals surface area contributed by atoms with Crippen molar-refractivity contribution in [3.05, 3.63) is 36.2 Å². The molecule has 114 valence electrons. The van der Waals surface area contributed by atoms with Gasteiger partial charge in [-0.15, -0.1) is 0 Å². The Balaban J connectivity index is 2.16. The lowest BCUT2D eigenvalue weighted by Crippen LogP contribution is -2.12. The van der Waals surface area contributed by atoms with Gasteiger partial charge in [0.15, 0.2) is 0 Å². The van der Waals surface area contributed by atoms with Crippen molar-refractivity contribution >= 4 is 5.95 Å². The first kappa shape index (κ1) is 15.4. The highest BCUT2D eigenvalue weighted by molar-refractivity contribution is 5.45. The maximum atomic E-state index is 5.62. The van der Waals surface area contributed by atoms with Crippen LogP contribution in [-0.4, -0.2) is 22.7 Å². The van der Waals surface area contributed by atoms with Crippen LogP contribution in [0.1, 0.15) is 32.9 Å². The van der Waals surface area contributed by atoms with Gasteiger partial charge < -0.3 is 10.1 Å². The first-order valence-electron chi connectivity index (χ1n) is 7.63. The average molecular weight is 287 g/mol. The zero-order valence-electron chi connectivity index (χ0n) is 13.4. The number of aryl methyl sites for hydroxylation is 1. The first-order chi connectivity index (χ1) is 10.1. The van der Waals surface area contributed by atoms with Crippen LogP contribution in [0.4, 0.5) is 5.95 Å². The van der Waals surface area contributed by atoms with E-state index in [4.69, 9.17) is 4.74 Å². The van der Waals surface area contributed by atoms with E-state index in [-0.39, 0.29) is 0 Å². The Kier molecular flexibility index (Phi) is 5.26. The number of aromatic nitrogens is 2. The number of imidazole rings is 1. The molecule has 0 aliphatic rings. The van der Waals surface area contributed by atoms with E-state index in [1.807, 2.05) is 25.3 Å². The van der Waals surface area contributed by atoms with E-state index in [1.165, 1.54) is 0 Å². The molecule has 4 nitrogen and oxygen atoms in total. The Hall–Kier alpha value is -1.97. The summed E-state index contributed by atoms with van der Waals surface area (Å²) in [6, 6.07) is 8.14. The molecule has 0 amide bonds. The van der Waals surface area contributed by atoms with Crippen LogP contribution < -0.4 is 10.1 Å². The summed E-state index contributed by atoms with van der Waals surface area (Å²) >= 11 is 0. The molecule has 0 radical (unpaired) electrons. The van der Waals surface area contributed by atoms with E-state index in [0.29, 0.717) is 5.92 Å². The van der Waals surface area contributed by atoms with Crippen molar-refractivity contribution in [2.24, 2.45) is 5.92 Å². The molecule has 0 fully saturated rings. The standard InChI is InChI=1S/C17H25N3O/c1-5-10-21-16-8-6-15(7-9-16)20-12-14(4)19-17(20)18-11-13(2)3/h6-9,12-13H,5,10-11H2,1-4H3,(H,18,19). The molecule has 1 N–H and O–H groups in total. The van der Waals surface area contributed by atoms with E-state index >= 15 is 0 Å². The Labute approximate surface area is 127 Å². The molecule has 0 aliphatic carbocycles. The molecule has 0 bridgehead atoms. The topological polar surface area (TPSA) is 39.1 Å². The molecule has 2 aromatic rings. The Morgan fingerprint density at radius 3 is 2.57 bits per heavy atom. The predicted molar refractivity (Wildman–Crippen MR) is 87.4 cm³/mol. The lowest BCUT2D eigenvalue weighted by Gasteiger charge is -2.12. The summed E-state index contributed by atoms with van der Waals surface area (Å²) in [5, 5.41) is 3.40. The molecule has 1 aromatic heterocycles. The fourth-order valence-corrected chi connectivity index (χ4v) is 2.04. The number of anilines is 1. The average Bonchev–Trinajstić information content (AvgIpc) is 2.84. The molecule has 0 unspecified atom stereocenters. The predicted octanol–water partition coefficient (Wildman–Crippen LogP) is 4.04. The summed E-state index contributed by atoms with van der Waals surface area (Å²) in [5.74, 6) is 2.39. The van der Waals surface area contributed by atoms with Gasteiger partial charge in [-0.2, -0.15) is 0 Å². The third-order valence-corrected chi connectivity index (χ3v) is 3.08. The molecular formula is C17H25N3O. The molecule has 2 rings (SSSR count). The Morgan fingerprint density at radius 2 is 1.95 bits per heavy atom. The maximum Gasteiger partial charge on any atom is 0.207 e. The van der Waals surface area contributed by atoms with Crippen molar-refractivity contribution in [1.82, 2.24) is 9.55 Å². The summed E-state index contributed by atoms with van der Waals surface area (Å²) in [6.45, 7) is 10.2. The van der Waals surface area contributed by atoms with Crippen molar-refractivity contribution in [1.29, 1.82) is 0 Å². The number of nitrogens with one attached hydrogen (secondary N) is 1. The van der Waals surface area contributed by atoms with Gasteiger partial charge in [-0.05, 0) is 43.5 Å². The first-order valence-corrected chi connectivity index (χ1v) is 7.63. The van der Waals surface area contributed by atoms with Crippen LogP contribution in [0.2, 0.25) is 0 Å². The van der Waals surface area contributed by atoms with E-state index in [0.717, 1.165) is 42.7 Å². The fourth-order valence-electron chi connectivity index (χ4n) is 2.04. The van der Waals surface area contributed by atoms with E-state index in [2.05, 4.69) is 47.8 Å². The number of rotatable bonds is 7. The highest BCUT2D eigenvalue weighted by Crippen LogP contribution is 2.20. The minimum absolute atomic E-state index is 0.584. The summed E-state index contributed by atoms with van der Waals surface area (Å²) < 4.78 is 7.70. The second-order valence-corrected chi connectivity index (χ2v) is 5.69. The smallest absolute Gasteiger partial charge is 0.207 e. The lowest BCUT2D eigenvalue weighted by atomic mass is 10.2. The van der Waals surface area contributed by atoms with Gasteiger partial charge in [0.1, 0.15) is 5.75 Å². The number of nitrogens with zero attached hydrogens (tertiary/aromatic N) is 2. The summed E-state index contributed by atoms with van der Waals surface area (Å²) in [6.07, 6.45) is 3.07. The molecular weight excluding hydrogens is 262 g/mol. The maximum absolute atomic E-state index is 5.62. The van der Waals surface area contributed by atoms with Gasteiger partial charge in [-0.1, -0.05) is 20.8 Å². The second-order valence-electron chi connectivity index (χ2n) is 5.69. The lowest BCUT2D eigenvalue weighted by molar-refractivity contribution is 0.317. The number of hydrogen-bond acceptors (Lipinski definition) is 3. The van der Waals surface area contributed by atoms with Gasteiger partial charge in [-0.3, -0.25) is 4.57 Å². The molecule has 0 saturated carbocycles. The van der Waals surface area contributed by atoms with Crippen LogP contribution in [0.5, 0.6) is 5.75 Å². The zero-order valence-corrected chi connectivity index (χ0v) is 13.4. The SMILES string of the molecule is CCCOc1ccc(-n2cc(C)nc2NCC(C)C)cc1. The van der Waals surface area contributed by atoms with Crippen LogP contribution in [0.25, 0.3) is 5.69 Å². The van der Waals surface area contributed by atoms with E-state index < -0.39 is 0 Å². The van der Waals surface area contributed by atoms with Crippen molar-refractivity contribution in [3.8, 4) is 11.4 Å². The monoisotopic (exact) mass is 287 g/mol. The van der Waals surface area contributed by atoms with Crippen LogP contribution in [0.3, 0.4) is 0 Å². The van der Waals surface area contributed by atoms with Crippen LogP contribution >= 0.6 is 0 Å². The van der Waals surface area contributed by atoms with Crippen molar-refractivity contribution in [2.75, 3.05) is 18.5 Å². The van der Waals surface area contributed by atoms with Gasteiger partial charge in [0.25, 0.3) is 0 Å². The molecule has 21 heavy (non-hydrogen) atoms. The van der Waals surface area contributed by atoms with Gasteiger partial charge in [-0.25, -0.2) is 4.98 Å². The largest absolute Gasteiger partial charge is 0.494 e. The third kappa shape index (κ3) is 4.25. The van der Waals surface area contributed by atoms with Gasteiger partial charge in [0, 0.05) is 18.4 Å². The van der Waals surface area contributed by atoms with Crippen molar-refractivity contribution < 1.29 is 4.74 Å². The van der Waals surface area contributed by atoms with E-state index in [1.54, 1.807) is 0 Å². The summed E-state index contributed by atoms with van der Waals surface area (Å²) in [5.41, 5.74) is 2.10. The Morgan fingerprint density at radius 1 is 1.24 bits per heavy atom. The minimum atomic E-state index is 0.584. The highest BCUT2D eigenvalue weighted by atomic mass is 16.5. The molecule has 0 aliphatic heterocycles. The molecule has 1 aromatic carbocycles. The second kappa shape index (κ2) is 7.16. The number of benzene rings is 1. The van der Waals surface area contributed by atoms with Crippen LogP contribution in [0.15, 0.2) is 30.5 Å². The molecule has 4 heteroatoms. The quantitative estimate of drug-likeness (QED) is 0.835. The molecule has 0 atom stereocenters. The summed E-state index contributed by atoms with van der Waals surface area (Å²) in [7, 11) is 0. The van der Waals surface area contributed by atoms with Gasteiger partial charge in [0.2, 0.25) is 5.95 Å². The normalized spacial score (nSPS) is 10.9. The highest BCUT2D eigenvalue weighted by Gasteiger charge is 2.08. The van der Waals surface area contributed by atoms with E-state index in [9.17, 15) is 0 Å². The fraction of sp³-hybridized carbons (Fsp3) is 0.471. The number of ether oxygens (including phenoxy) is 1. The van der Waals surface area contributed by atoms with Crippen molar-refractivity contribution in [3.63, 3.8) is 0 Å². The molecule has 0 saturated heterocycles. The van der Waals surface area contributed by atoms with Crippen LogP contribution in [0, 0.1) is 12.8 Å². The van der Waals surface area contributed by atoms with Crippen LogP contribution in [-0.2, 0) is 0 Å². The van der Waals surface area contributed by atoms with Crippen molar-refractivity contribution in [2.45, 2.75) is 34.1 Å². The molecule has 0 spiro atoms. The third-order valence-electron chi connectivity index (χ3n) is 3.08.